The van der Waals surface area contributed by atoms with Crippen LogP contribution < -0.4 is 5.43 Å². The number of hydrogen-bond donors (Lipinski definition) is 0. The molecule has 0 aliphatic rings. The minimum atomic E-state index is 0.0403. The van der Waals surface area contributed by atoms with Gasteiger partial charge in [0, 0.05) is 27.8 Å². The maximum Gasteiger partial charge on any atom is 0.189 e. The number of pyridine rings is 1. The first-order valence-corrected chi connectivity index (χ1v) is 6.41. The number of para-hydroxylation sites is 1. The van der Waals surface area contributed by atoms with Crippen molar-refractivity contribution in [3.63, 3.8) is 0 Å². The summed E-state index contributed by atoms with van der Waals surface area (Å²) in [5.41, 5.74) is 2.00. The van der Waals surface area contributed by atoms with Crippen LogP contribution in [0.2, 0.25) is 0 Å². The van der Waals surface area contributed by atoms with Crippen LogP contribution in [0.5, 0.6) is 0 Å². The van der Waals surface area contributed by atoms with Gasteiger partial charge in [-0.2, -0.15) is 0 Å². The van der Waals surface area contributed by atoms with Crippen LogP contribution in [0.3, 0.4) is 0 Å². The summed E-state index contributed by atoms with van der Waals surface area (Å²) < 4.78 is 2.93. The van der Waals surface area contributed by atoms with E-state index in [-0.39, 0.29) is 5.43 Å². The molecule has 2 nitrogen and oxygen atoms in total. The van der Waals surface area contributed by atoms with Crippen LogP contribution in [0.4, 0.5) is 0 Å². The van der Waals surface area contributed by atoms with E-state index in [1.165, 1.54) is 0 Å². The van der Waals surface area contributed by atoms with Crippen LogP contribution in [0, 0.1) is 0 Å². The Bertz CT molecular complexity index is 762. The molecule has 1 heterocycles. The largest absolute Gasteiger partial charge is 0.316 e. The van der Waals surface area contributed by atoms with Gasteiger partial charge in [-0.25, -0.2) is 0 Å². The molecule has 0 saturated carbocycles. The average molecular weight is 300 g/mol. The van der Waals surface area contributed by atoms with Gasteiger partial charge in [0.25, 0.3) is 0 Å². The highest BCUT2D eigenvalue weighted by atomic mass is 79.9. The van der Waals surface area contributed by atoms with Crippen LogP contribution in [-0.4, -0.2) is 4.57 Å². The molecule has 2 aromatic carbocycles. The minimum absolute atomic E-state index is 0.0403. The Hall–Kier alpha value is -1.87. The standard InChI is InChI=1S/C15H10BrNO/c16-11-6-7-14-13(10-11)15(18)8-9-17(14)12-4-2-1-3-5-12/h1-10H. The molecule has 0 atom stereocenters. The van der Waals surface area contributed by atoms with Crippen molar-refractivity contribution in [2.75, 3.05) is 0 Å². The van der Waals surface area contributed by atoms with Crippen molar-refractivity contribution >= 4 is 26.8 Å². The molecular formula is C15H10BrNO. The molecule has 0 saturated heterocycles. The highest BCUT2D eigenvalue weighted by Gasteiger charge is 2.04. The van der Waals surface area contributed by atoms with Gasteiger partial charge in [-0.05, 0) is 30.3 Å². The van der Waals surface area contributed by atoms with E-state index < -0.39 is 0 Å². The predicted octanol–water partition coefficient (Wildman–Crippen LogP) is 3.75. The summed E-state index contributed by atoms with van der Waals surface area (Å²) in [7, 11) is 0. The number of fused-ring (bicyclic) bond motifs is 1. The molecule has 0 N–H and O–H groups in total. The highest BCUT2D eigenvalue weighted by molar-refractivity contribution is 9.10. The lowest BCUT2D eigenvalue weighted by molar-refractivity contribution is 1.10. The van der Waals surface area contributed by atoms with E-state index >= 15 is 0 Å². The SMILES string of the molecule is O=c1ccn(-c2ccccc2)c2ccc(Br)cc12. The number of rotatable bonds is 1. The van der Waals surface area contributed by atoms with Crippen molar-refractivity contribution in [1.29, 1.82) is 0 Å². The fraction of sp³-hybridized carbons (Fsp3) is 0. The molecule has 0 bridgehead atoms. The second-order valence-electron chi connectivity index (χ2n) is 4.05. The monoisotopic (exact) mass is 299 g/mol. The summed E-state index contributed by atoms with van der Waals surface area (Å²) in [6, 6.07) is 17.3. The third kappa shape index (κ3) is 1.87. The molecule has 88 valence electrons. The van der Waals surface area contributed by atoms with Gasteiger partial charge in [-0.15, -0.1) is 0 Å². The minimum Gasteiger partial charge on any atom is -0.316 e. The summed E-state index contributed by atoms with van der Waals surface area (Å²) in [4.78, 5) is 11.9. The van der Waals surface area contributed by atoms with E-state index in [9.17, 15) is 4.79 Å². The van der Waals surface area contributed by atoms with E-state index in [0.717, 1.165) is 21.1 Å². The molecule has 0 amide bonds. The Morgan fingerprint density at radius 2 is 1.72 bits per heavy atom. The number of nitrogens with zero attached hydrogens (tertiary/aromatic N) is 1. The summed E-state index contributed by atoms with van der Waals surface area (Å²) in [5.74, 6) is 0. The lowest BCUT2D eigenvalue weighted by Crippen LogP contribution is -2.06. The summed E-state index contributed by atoms with van der Waals surface area (Å²) in [6.07, 6.45) is 1.81. The fourth-order valence-corrected chi connectivity index (χ4v) is 2.40. The number of benzene rings is 2. The van der Waals surface area contributed by atoms with E-state index in [1.54, 1.807) is 6.07 Å². The van der Waals surface area contributed by atoms with E-state index in [1.807, 2.05) is 59.3 Å². The second-order valence-corrected chi connectivity index (χ2v) is 4.96. The van der Waals surface area contributed by atoms with Crippen LogP contribution in [-0.2, 0) is 0 Å². The molecule has 3 heteroatoms. The summed E-state index contributed by atoms with van der Waals surface area (Å²) in [6.45, 7) is 0. The molecule has 3 aromatic rings. The van der Waals surface area contributed by atoms with Gasteiger partial charge < -0.3 is 4.57 Å². The van der Waals surface area contributed by atoms with Crippen molar-refractivity contribution in [2.45, 2.75) is 0 Å². The molecule has 1 aromatic heterocycles. The van der Waals surface area contributed by atoms with Crippen molar-refractivity contribution in [3.05, 3.63) is 75.5 Å². The third-order valence-electron chi connectivity index (χ3n) is 2.89. The van der Waals surface area contributed by atoms with Gasteiger partial charge in [0.05, 0.1) is 5.52 Å². The first-order valence-electron chi connectivity index (χ1n) is 5.62. The van der Waals surface area contributed by atoms with Gasteiger partial charge in [0.15, 0.2) is 5.43 Å². The Balaban J connectivity index is 2.39. The zero-order chi connectivity index (χ0) is 12.5. The maximum absolute atomic E-state index is 11.9. The third-order valence-corrected chi connectivity index (χ3v) is 3.39. The second kappa shape index (κ2) is 4.42. The molecule has 0 aliphatic heterocycles. The van der Waals surface area contributed by atoms with E-state index in [2.05, 4.69) is 15.9 Å². The Kier molecular flexibility index (Phi) is 2.76. The number of halogens is 1. The smallest absolute Gasteiger partial charge is 0.189 e. The lowest BCUT2D eigenvalue weighted by atomic mass is 10.2. The Labute approximate surface area is 113 Å². The average Bonchev–Trinajstić information content (AvgIpc) is 2.41. The topological polar surface area (TPSA) is 22.0 Å². The van der Waals surface area contributed by atoms with Crippen LogP contribution in [0.15, 0.2) is 70.1 Å². The molecule has 18 heavy (non-hydrogen) atoms. The molecule has 0 radical (unpaired) electrons. The first-order chi connectivity index (χ1) is 8.75. The van der Waals surface area contributed by atoms with Crippen molar-refractivity contribution < 1.29 is 0 Å². The zero-order valence-electron chi connectivity index (χ0n) is 9.51. The van der Waals surface area contributed by atoms with Gasteiger partial charge in [0.2, 0.25) is 0 Å². The van der Waals surface area contributed by atoms with Gasteiger partial charge in [-0.1, -0.05) is 34.1 Å². The van der Waals surface area contributed by atoms with E-state index in [4.69, 9.17) is 0 Å². The summed E-state index contributed by atoms with van der Waals surface area (Å²) >= 11 is 3.40. The van der Waals surface area contributed by atoms with Gasteiger partial charge in [-0.3, -0.25) is 4.79 Å². The maximum atomic E-state index is 11.9. The van der Waals surface area contributed by atoms with Crippen molar-refractivity contribution in [3.8, 4) is 5.69 Å². The molecule has 3 rings (SSSR count). The van der Waals surface area contributed by atoms with Gasteiger partial charge in [0.1, 0.15) is 0 Å². The number of hydrogen-bond acceptors (Lipinski definition) is 1. The fourth-order valence-electron chi connectivity index (χ4n) is 2.04. The molecule has 0 aliphatic carbocycles. The Morgan fingerprint density at radius 1 is 0.944 bits per heavy atom. The zero-order valence-corrected chi connectivity index (χ0v) is 11.1. The molecular weight excluding hydrogens is 290 g/mol. The van der Waals surface area contributed by atoms with E-state index in [0.29, 0.717) is 0 Å². The summed E-state index contributed by atoms with van der Waals surface area (Å²) in [5, 5.41) is 0.718. The molecule has 0 unspecified atom stereocenters. The number of aromatic nitrogens is 1. The first kappa shape index (κ1) is 11.2. The quantitative estimate of drug-likeness (QED) is 0.671. The highest BCUT2D eigenvalue weighted by Crippen LogP contribution is 2.19. The Morgan fingerprint density at radius 3 is 2.50 bits per heavy atom. The van der Waals surface area contributed by atoms with Crippen molar-refractivity contribution in [1.82, 2.24) is 4.57 Å². The van der Waals surface area contributed by atoms with Crippen LogP contribution in [0.1, 0.15) is 0 Å². The molecule has 0 fully saturated rings. The van der Waals surface area contributed by atoms with Crippen molar-refractivity contribution in [2.24, 2.45) is 0 Å². The van der Waals surface area contributed by atoms with Crippen LogP contribution >= 0.6 is 15.9 Å². The lowest BCUT2D eigenvalue weighted by Gasteiger charge is -2.10. The van der Waals surface area contributed by atoms with Gasteiger partial charge >= 0.3 is 0 Å². The normalized spacial score (nSPS) is 10.7. The van der Waals surface area contributed by atoms with Crippen LogP contribution in [0.25, 0.3) is 16.6 Å². The predicted molar refractivity (Wildman–Crippen MR) is 77.2 cm³/mol. The molecule has 0 spiro atoms.